The molecule has 4 aromatic rings. The first kappa shape index (κ1) is 28.2. The second kappa shape index (κ2) is 12.0. The van der Waals surface area contributed by atoms with Gasteiger partial charge in [-0.2, -0.15) is 13.2 Å². The van der Waals surface area contributed by atoms with Gasteiger partial charge in [-0.15, -0.1) is 0 Å². The molecule has 0 atom stereocenters. The molecule has 0 bridgehead atoms. The van der Waals surface area contributed by atoms with Crippen LogP contribution in [0.15, 0.2) is 60.9 Å². The lowest BCUT2D eigenvalue weighted by Crippen LogP contribution is -2.34. The average molecular weight is 565 g/mol. The molecule has 2 aromatic carbocycles. The summed E-state index contributed by atoms with van der Waals surface area (Å²) in [5.41, 5.74) is 2.19. The van der Waals surface area contributed by atoms with Gasteiger partial charge in [-0.1, -0.05) is 18.6 Å². The molecule has 4 N–H and O–H groups in total. The number of nitrogens with one attached hydrogen (secondary N) is 4. The number of carbonyl (C=O) groups is 2. The highest BCUT2D eigenvalue weighted by atomic mass is 19.4. The molecular formula is C30H31F3N6O2. The summed E-state index contributed by atoms with van der Waals surface area (Å²) in [5.74, 6) is -1.08. The quantitative estimate of drug-likeness (QED) is 0.201. The molecule has 0 radical (unpaired) electrons. The van der Waals surface area contributed by atoms with E-state index in [9.17, 15) is 22.8 Å². The molecular weight excluding hydrogens is 533 g/mol. The van der Waals surface area contributed by atoms with Crippen molar-refractivity contribution in [3.05, 3.63) is 83.2 Å². The van der Waals surface area contributed by atoms with Crippen molar-refractivity contribution in [3.8, 4) is 0 Å². The van der Waals surface area contributed by atoms with Crippen LogP contribution in [0.2, 0.25) is 0 Å². The molecule has 1 saturated heterocycles. The topological polar surface area (TPSA) is 102 Å². The van der Waals surface area contributed by atoms with Crippen molar-refractivity contribution in [2.75, 3.05) is 42.1 Å². The number of rotatable bonds is 8. The van der Waals surface area contributed by atoms with Crippen LogP contribution in [-0.4, -0.2) is 52.9 Å². The lowest BCUT2D eigenvalue weighted by molar-refractivity contribution is -0.137. The second-order valence-corrected chi connectivity index (χ2v) is 10.1. The van der Waals surface area contributed by atoms with E-state index in [0.29, 0.717) is 34.8 Å². The van der Waals surface area contributed by atoms with Gasteiger partial charge >= 0.3 is 6.18 Å². The standard InChI is InChI=1S/C30H31F3N6O2/c1-19-8-9-22(37-28(40)20-6-5-7-21(16-20)30(31,32)33)17-25(19)38-29(41)24-18-36-27-23(10-11-35-27)26(24)34-12-15-39-13-3-2-4-14-39/h5-11,16-18H,2-4,12-15H2,1H3,(H,37,40)(H,38,41)(H2,34,35,36). The van der Waals surface area contributed by atoms with Crippen LogP contribution >= 0.6 is 0 Å². The lowest BCUT2D eigenvalue weighted by atomic mass is 10.1. The number of nitrogens with zero attached hydrogens (tertiary/aromatic N) is 2. The summed E-state index contributed by atoms with van der Waals surface area (Å²) in [4.78, 5) is 36.1. The van der Waals surface area contributed by atoms with E-state index in [1.807, 2.05) is 6.07 Å². The van der Waals surface area contributed by atoms with Crippen molar-refractivity contribution in [3.63, 3.8) is 0 Å². The monoisotopic (exact) mass is 564 g/mol. The number of hydrogen-bond donors (Lipinski definition) is 4. The highest BCUT2D eigenvalue weighted by Crippen LogP contribution is 2.30. The van der Waals surface area contributed by atoms with Crippen molar-refractivity contribution in [2.24, 2.45) is 0 Å². The zero-order valence-corrected chi connectivity index (χ0v) is 22.6. The average Bonchev–Trinajstić information content (AvgIpc) is 3.44. The SMILES string of the molecule is Cc1ccc(NC(=O)c2cccc(C(F)(F)F)c2)cc1NC(=O)c1cnc2[nH]ccc2c1NCCN1CCCCC1. The molecule has 0 saturated carbocycles. The summed E-state index contributed by atoms with van der Waals surface area (Å²) in [6, 6.07) is 11.0. The third-order valence-corrected chi connectivity index (χ3v) is 7.21. The number of aryl methyl sites for hydroxylation is 1. The molecule has 5 rings (SSSR count). The Morgan fingerprint density at radius 3 is 2.59 bits per heavy atom. The molecule has 2 aromatic heterocycles. The lowest BCUT2D eigenvalue weighted by Gasteiger charge is -2.26. The predicted octanol–water partition coefficient (Wildman–Crippen LogP) is 6.29. The Bertz CT molecular complexity index is 1560. The first-order chi connectivity index (χ1) is 19.7. The zero-order chi connectivity index (χ0) is 29.0. The third-order valence-electron chi connectivity index (χ3n) is 7.21. The summed E-state index contributed by atoms with van der Waals surface area (Å²) < 4.78 is 39.2. The number of H-pyrrole nitrogens is 1. The Morgan fingerprint density at radius 2 is 1.80 bits per heavy atom. The first-order valence-corrected chi connectivity index (χ1v) is 13.5. The van der Waals surface area contributed by atoms with Crippen molar-refractivity contribution in [1.82, 2.24) is 14.9 Å². The van der Waals surface area contributed by atoms with Crippen LogP contribution in [-0.2, 0) is 6.18 Å². The summed E-state index contributed by atoms with van der Waals surface area (Å²) in [5, 5.41) is 9.77. The van der Waals surface area contributed by atoms with Gasteiger partial charge in [0.25, 0.3) is 11.8 Å². The van der Waals surface area contributed by atoms with Crippen LogP contribution in [0.1, 0.15) is 51.1 Å². The molecule has 0 aliphatic carbocycles. The number of anilines is 3. The molecule has 1 aliphatic heterocycles. The second-order valence-electron chi connectivity index (χ2n) is 10.1. The molecule has 1 fully saturated rings. The largest absolute Gasteiger partial charge is 0.416 e. The fraction of sp³-hybridized carbons (Fsp3) is 0.300. The number of fused-ring (bicyclic) bond motifs is 1. The summed E-state index contributed by atoms with van der Waals surface area (Å²) in [6.07, 6.45) is 2.39. The van der Waals surface area contributed by atoms with Crippen molar-refractivity contribution in [2.45, 2.75) is 32.4 Å². The summed E-state index contributed by atoms with van der Waals surface area (Å²) >= 11 is 0. The van der Waals surface area contributed by atoms with Gasteiger partial charge < -0.3 is 25.8 Å². The molecule has 1 aliphatic rings. The molecule has 3 heterocycles. The molecule has 2 amide bonds. The highest BCUT2D eigenvalue weighted by molar-refractivity contribution is 6.12. The normalized spacial score (nSPS) is 14.1. The maximum absolute atomic E-state index is 13.5. The molecule has 8 nitrogen and oxygen atoms in total. The Labute approximate surface area is 235 Å². The van der Waals surface area contributed by atoms with E-state index in [1.165, 1.54) is 37.6 Å². The number of halogens is 3. The Kier molecular flexibility index (Phi) is 8.25. The first-order valence-electron chi connectivity index (χ1n) is 13.5. The Balaban J connectivity index is 1.32. The number of hydrogen-bond acceptors (Lipinski definition) is 5. The van der Waals surface area contributed by atoms with Gasteiger partial charge in [-0.3, -0.25) is 9.59 Å². The number of aromatic amines is 1. The minimum Gasteiger partial charge on any atom is -0.382 e. The number of amides is 2. The molecule has 41 heavy (non-hydrogen) atoms. The number of piperidine rings is 1. The zero-order valence-electron chi connectivity index (χ0n) is 22.6. The van der Waals surface area contributed by atoms with E-state index in [4.69, 9.17) is 0 Å². The molecule has 0 unspecified atom stereocenters. The highest BCUT2D eigenvalue weighted by Gasteiger charge is 2.31. The number of carbonyl (C=O) groups excluding carboxylic acids is 2. The number of pyridine rings is 1. The van der Waals surface area contributed by atoms with E-state index in [-0.39, 0.29) is 11.5 Å². The van der Waals surface area contributed by atoms with Gasteiger partial charge in [-0.25, -0.2) is 4.98 Å². The fourth-order valence-corrected chi connectivity index (χ4v) is 4.96. The van der Waals surface area contributed by atoms with Crippen LogP contribution < -0.4 is 16.0 Å². The smallest absolute Gasteiger partial charge is 0.382 e. The van der Waals surface area contributed by atoms with Crippen LogP contribution in [0.25, 0.3) is 11.0 Å². The minimum atomic E-state index is -4.56. The number of benzene rings is 2. The van der Waals surface area contributed by atoms with Crippen molar-refractivity contribution < 1.29 is 22.8 Å². The van der Waals surface area contributed by atoms with E-state index in [1.54, 1.807) is 31.3 Å². The van der Waals surface area contributed by atoms with Crippen LogP contribution in [0.4, 0.5) is 30.2 Å². The fourth-order valence-electron chi connectivity index (χ4n) is 4.96. The number of alkyl halides is 3. The molecule has 0 spiro atoms. The number of likely N-dealkylation sites (tertiary alicyclic amines) is 1. The van der Waals surface area contributed by atoms with Crippen LogP contribution in [0.5, 0.6) is 0 Å². The van der Waals surface area contributed by atoms with Crippen molar-refractivity contribution in [1.29, 1.82) is 0 Å². The van der Waals surface area contributed by atoms with Gasteiger partial charge in [0.1, 0.15) is 5.65 Å². The van der Waals surface area contributed by atoms with Gasteiger partial charge in [0, 0.05) is 47.8 Å². The number of aromatic nitrogens is 2. The molecule has 11 heteroatoms. The van der Waals surface area contributed by atoms with Gasteiger partial charge in [0.2, 0.25) is 0 Å². The third kappa shape index (κ3) is 6.68. The van der Waals surface area contributed by atoms with Gasteiger partial charge in [0.15, 0.2) is 0 Å². The minimum absolute atomic E-state index is 0.128. The Hall–Kier alpha value is -4.38. The van der Waals surface area contributed by atoms with E-state index >= 15 is 0 Å². The van der Waals surface area contributed by atoms with Crippen molar-refractivity contribution >= 4 is 39.9 Å². The van der Waals surface area contributed by atoms with Crippen LogP contribution in [0.3, 0.4) is 0 Å². The van der Waals surface area contributed by atoms with E-state index < -0.39 is 17.6 Å². The van der Waals surface area contributed by atoms with Gasteiger partial charge in [0.05, 0.1) is 16.8 Å². The van der Waals surface area contributed by atoms with Crippen LogP contribution in [0, 0.1) is 6.92 Å². The maximum atomic E-state index is 13.5. The maximum Gasteiger partial charge on any atom is 0.416 e. The molecule has 214 valence electrons. The predicted molar refractivity (Wildman–Crippen MR) is 153 cm³/mol. The summed E-state index contributed by atoms with van der Waals surface area (Å²) in [7, 11) is 0. The van der Waals surface area contributed by atoms with E-state index in [0.717, 1.165) is 42.7 Å². The van der Waals surface area contributed by atoms with E-state index in [2.05, 4.69) is 30.8 Å². The Morgan fingerprint density at radius 1 is 1.00 bits per heavy atom. The summed E-state index contributed by atoms with van der Waals surface area (Å²) in [6.45, 7) is 5.48. The van der Waals surface area contributed by atoms with Gasteiger partial charge in [-0.05, 0) is 74.8 Å².